The molecule has 3 atom stereocenters. The SMILES string of the molecule is CC(O)(CNC(=O)[C@H]1CCC[C@H]1NC(=O)OCC1c2ccccc2-c2ccccc21)CC(=O)O. The van der Waals surface area contributed by atoms with Gasteiger partial charge in [-0.25, -0.2) is 4.79 Å². The second-order valence-electron chi connectivity index (χ2n) is 9.40. The summed E-state index contributed by atoms with van der Waals surface area (Å²) in [6.45, 7) is 1.39. The van der Waals surface area contributed by atoms with Crippen molar-refractivity contribution < 1.29 is 29.3 Å². The van der Waals surface area contributed by atoms with Gasteiger partial charge in [0.05, 0.1) is 17.9 Å². The van der Waals surface area contributed by atoms with Crippen molar-refractivity contribution in [2.45, 2.75) is 50.2 Å². The van der Waals surface area contributed by atoms with Crippen LogP contribution >= 0.6 is 0 Å². The molecule has 0 aromatic heterocycles. The monoisotopic (exact) mass is 466 g/mol. The number of carboxylic acid groups (broad SMARTS) is 1. The van der Waals surface area contributed by atoms with Gasteiger partial charge in [0, 0.05) is 18.5 Å². The van der Waals surface area contributed by atoms with Gasteiger partial charge in [-0.2, -0.15) is 0 Å². The number of aliphatic carboxylic acids is 1. The van der Waals surface area contributed by atoms with Gasteiger partial charge in [0.25, 0.3) is 0 Å². The first-order chi connectivity index (χ1) is 16.2. The van der Waals surface area contributed by atoms with E-state index in [1.54, 1.807) is 0 Å². The lowest BCUT2D eigenvalue weighted by Gasteiger charge is -2.25. The van der Waals surface area contributed by atoms with Crippen molar-refractivity contribution in [3.8, 4) is 11.1 Å². The number of carbonyl (C=O) groups excluding carboxylic acids is 2. The Morgan fingerprint density at radius 2 is 1.65 bits per heavy atom. The molecule has 8 nitrogen and oxygen atoms in total. The first kappa shape index (κ1) is 23.8. The summed E-state index contributed by atoms with van der Waals surface area (Å²) in [6, 6.07) is 15.8. The van der Waals surface area contributed by atoms with E-state index in [4.69, 9.17) is 9.84 Å². The number of ether oxygens (including phenoxy) is 1. The van der Waals surface area contributed by atoms with E-state index in [1.807, 2.05) is 24.3 Å². The molecular weight excluding hydrogens is 436 g/mol. The van der Waals surface area contributed by atoms with Crippen LogP contribution in [0.3, 0.4) is 0 Å². The molecule has 34 heavy (non-hydrogen) atoms. The molecule has 2 aliphatic rings. The molecule has 0 heterocycles. The maximum atomic E-state index is 12.6. The van der Waals surface area contributed by atoms with Gasteiger partial charge >= 0.3 is 12.1 Å². The molecule has 2 amide bonds. The first-order valence-electron chi connectivity index (χ1n) is 11.6. The number of amides is 2. The van der Waals surface area contributed by atoms with Gasteiger partial charge in [0.15, 0.2) is 0 Å². The van der Waals surface area contributed by atoms with E-state index in [1.165, 1.54) is 6.92 Å². The molecule has 1 saturated carbocycles. The minimum absolute atomic E-state index is 0.0442. The molecule has 8 heteroatoms. The standard InChI is InChI=1S/C26H30N2O6/c1-26(33,13-23(29)30)15-27-24(31)20-11-6-12-22(20)28-25(32)34-14-21-18-9-4-2-7-16(18)17-8-3-5-10-19(17)21/h2-5,7-10,20-22,33H,6,11-15H2,1H3,(H,27,31)(H,28,32)(H,29,30)/t20-,22+,26?/m0/s1. The average molecular weight is 467 g/mol. The highest BCUT2D eigenvalue weighted by Gasteiger charge is 2.36. The summed E-state index contributed by atoms with van der Waals surface area (Å²) >= 11 is 0. The van der Waals surface area contributed by atoms with Crippen molar-refractivity contribution in [3.63, 3.8) is 0 Å². The van der Waals surface area contributed by atoms with Crippen molar-refractivity contribution >= 4 is 18.0 Å². The summed E-state index contributed by atoms with van der Waals surface area (Å²) in [6.07, 6.45) is 0.983. The highest BCUT2D eigenvalue weighted by Crippen LogP contribution is 2.44. The second-order valence-corrected chi connectivity index (χ2v) is 9.40. The van der Waals surface area contributed by atoms with E-state index >= 15 is 0 Å². The van der Waals surface area contributed by atoms with E-state index in [2.05, 4.69) is 34.9 Å². The van der Waals surface area contributed by atoms with E-state index in [0.717, 1.165) is 28.7 Å². The normalized spacial score (nSPS) is 20.6. The molecule has 0 aliphatic heterocycles. The number of benzene rings is 2. The van der Waals surface area contributed by atoms with Crippen LogP contribution in [-0.2, 0) is 14.3 Å². The van der Waals surface area contributed by atoms with Crippen LogP contribution in [0.1, 0.15) is 49.7 Å². The topological polar surface area (TPSA) is 125 Å². The summed E-state index contributed by atoms with van der Waals surface area (Å²) in [5.41, 5.74) is 3.01. The van der Waals surface area contributed by atoms with Crippen molar-refractivity contribution in [3.05, 3.63) is 59.7 Å². The fourth-order valence-electron chi connectivity index (χ4n) is 5.03. The Morgan fingerprint density at radius 3 is 2.26 bits per heavy atom. The van der Waals surface area contributed by atoms with Crippen LogP contribution in [-0.4, -0.2) is 53.0 Å². The summed E-state index contributed by atoms with van der Waals surface area (Å²) in [5, 5.41) is 24.4. The average Bonchev–Trinajstić information content (AvgIpc) is 3.38. The zero-order valence-corrected chi connectivity index (χ0v) is 19.1. The number of aliphatic hydroxyl groups is 1. The van der Waals surface area contributed by atoms with Gasteiger partial charge < -0.3 is 25.6 Å². The Bertz CT molecular complexity index is 1040. The van der Waals surface area contributed by atoms with Crippen LogP contribution in [0.15, 0.2) is 48.5 Å². The molecule has 0 spiro atoms. The van der Waals surface area contributed by atoms with Crippen molar-refractivity contribution in [2.24, 2.45) is 5.92 Å². The predicted molar refractivity (Wildman–Crippen MR) is 125 cm³/mol. The van der Waals surface area contributed by atoms with E-state index in [9.17, 15) is 19.5 Å². The van der Waals surface area contributed by atoms with Crippen molar-refractivity contribution in [1.29, 1.82) is 0 Å². The number of nitrogens with one attached hydrogen (secondary N) is 2. The van der Waals surface area contributed by atoms with Crippen LogP contribution in [0.2, 0.25) is 0 Å². The minimum atomic E-state index is -1.55. The van der Waals surface area contributed by atoms with E-state index < -0.39 is 30.0 Å². The molecule has 2 aromatic rings. The van der Waals surface area contributed by atoms with Crippen molar-refractivity contribution in [1.82, 2.24) is 10.6 Å². The molecule has 0 bridgehead atoms. The van der Waals surface area contributed by atoms with Gasteiger partial charge in [-0.3, -0.25) is 9.59 Å². The van der Waals surface area contributed by atoms with Crippen LogP contribution in [0.4, 0.5) is 4.79 Å². The quantitative estimate of drug-likeness (QED) is 0.474. The molecule has 0 radical (unpaired) electrons. The van der Waals surface area contributed by atoms with Crippen LogP contribution < -0.4 is 10.6 Å². The fraction of sp³-hybridized carbons (Fsp3) is 0.423. The van der Waals surface area contributed by atoms with Gasteiger partial charge in [0.2, 0.25) is 5.91 Å². The van der Waals surface area contributed by atoms with Gasteiger partial charge in [0.1, 0.15) is 6.61 Å². The Kier molecular flexibility index (Phi) is 6.88. The fourth-order valence-corrected chi connectivity index (χ4v) is 5.03. The number of fused-ring (bicyclic) bond motifs is 3. The predicted octanol–water partition coefficient (Wildman–Crippen LogP) is 3.04. The zero-order chi connectivity index (χ0) is 24.3. The molecule has 2 aliphatic carbocycles. The van der Waals surface area contributed by atoms with Gasteiger partial charge in [-0.15, -0.1) is 0 Å². The molecule has 180 valence electrons. The van der Waals surface area contributed by atoms with E-state index in [0.29, 0.717) is 12.8 Å². The third-order valence-corrected chi connectivity index (χ3v) is 6.68. The first-order valence-corrected chi connectivity index (χ1v) is 11.6. The Labute approximate surface area is 198 Å². The number of carbonyl (C=O) groups is 3. The Hall–Kier alpha value is -3.39. The molecule has 1 fully saturated rings. The summed E-state index contributed by atoms with van der Waals surface area (Å²) in [4.78, 5) is 36.1. The maximum absolute atomic E-state index is 12.6. The number of rotatable bonds is 8. The summed E-state index contributed by atoms with van der Waals surface area (Å²) in [5.74, 6) is -1.96. The van der Waals surface area contributed by atoms with Crippen molar-refractivity contribution in [2.75, 3.05) is 13.2 Å². The lowest BCUT2D eigenvalue weighted by atomic mass is 9.98. The number of carboxylic acids is 1. The highest BCUT2D eigenvalue weighted by atomic mass is 16.5. The lowest BCUT2D eigenvalue weighted by Crippen LogP contribution is -2.48. The molecule has 4 N–H and O–H groups in total. The third-order valence-electron chi connectivity index (χ3n) is 6.68. The summed E-state index contributed by atoms with van der Waals surface area (Å²) < 4.78 is 5.60. The smallest absolute Gasteiger partial charge is 0.407 e. The van der Waals surface area contributed by atoms with Crippen LogP contribution in [0, 0.1) is 5.92 Å². The molecule has 0 saturated heterocycles. The Balaban J connectivity index is 1.32. The van der Waals surface area contributed by atoms with Gasteiger partial charge in [-0.1, -0.05) is 55.0 Å². The number of hydrogen-bond acceptors (Lipinski definition) is 5. The Morgan fingerprint density at radius 1 is 1.03 bits per heavy atom. The highest BCUT2D eigenvalue weighted by molar-refractivity contribution is 5.81. The van der Waals surface area contributed by atoms with Crippen LogP contribution in [0.25, 0.3) is 11.1 Å². The largest absolute Gasteiger partial charge is 0.481 e. The number of alkyl carbamates (subject to hydrolysis) is 1. The van der Waals surface area contributed by atoms with E-state index in [-0.39, 0.29) is 31.0 Å². The summed E-state index contributed by atoms with van der Waals surface area (Å²) in [7, 11) is 0. The third kappa shape index (κ3) is 5.22. The minimum Gasteiger partial charge on any atom is -0.481 e. The van der Waals surface area contributed by atoms with Gasteiger partial charge in [-0.05, 0) is 42.0 Å². The molecule has 4 rings (SSSR count). The molecule has 2 aromatic carbocycles. The number of hydrogen-bond donors (Lipinski definition) is 4. The van der Waals surface area contributed by atoms with Crippen LogP contribution in [0.5, 0.6) is 0 Å². The lowest BCUT2D eigenvalue weighted by molar-refractivity contribution is -0.142. The maximum Gasteiger partial charge on any atom is 0.407 e. The molecule has 1 unspecified atom stereocenters. The molecular formula is C26H30N2O6. The second kappa shape index (κ2) is 9.85. The zero-order valence-electron chi connectivity index (χ0n) is 19.1.